The van der Waals surface area contributed by atoms with Crippen LogP contribution in [0.4, 0.5) is 5.82 Å². The van der Waals surface area contributed by atoms with E-state index in [0.717, 1.165) is 15.8 Å². The molecular weight excluding hydrogens is 314 g/mol. The number of hydrogen-bond acceptors (Lipinski definition) is 2. The van der Waals surface area contributed by atoms with Crippen molar-refractivity contribution in [3.8, 4) is 11.3 Å². The molecule has 0 radical (unpaired) electrons. The molecule has 1 fully saturated rings. The average Bonchev–Trinajstić information content (AvgIpc) is 3.25. The van der Waals surface area contributed by atoms with Gasteiger partial charge in [-0.1, -0.05) is 24.3 Å². The van der Waals surface area contributed by atoms with Crippen molar-refractivity contribution in [3.05, 3.63) is 52.6 Å². The summed E-state index contributed by atoms with van der Waals surface area (Å²) in [7, 11) is 0. The molecule has 0 unspecified atom stereocenters. The van der Waals surface area contributed by atoms with Gasteiger partial charge in [0, 0.05) is 16.2 Å². The van der Waals surface area contributed by atoms with Gasteiger partial charge in [-0.25, -0.2) is 4.98 Å². The van der Waals surface area contributed by atoms with E-state index in [1.54, 1.807) is 0 Å². The SMILES string of the molecule is Nc1c(-c2ccccc2C2CC2)nc2ccc(Br)cn12. The average molecular weight is 328 g/mol. The second kappa shape index (κ2) is 4.35. The Balaban J connectivity index is 1.96. The number of anilines is 1. The van der Waals surface area contributed by atoms with Crippen LogP contribution in [0.2, 0.25) is 0 Å². The number of benzene rings is 1. The van der Waals surface area contributed by atoms with Crippen LogP contribution in [0.25, 0.3) is 16.9 Å². The highest BCUT2D eigenvalue weighted by atomic mass is 79.9. The maximum atomic E-state index is 6.31. The van der Waals surface area contributed by atoms with Crippen molar-refractivity contribution in [1.29, 1.82) is 0 Å². The van der Waals surface area contributed by atoms with Gasteiger partial charge in [0.25, 0.3) is 0 Å². The molecule has 4 heteroatoms. The number of halogens is 1. The van der Waals surface area contributed by atoms with Crippen LogP contribution < -0.4 is 5.73 Å². The van der Waals surface area contributed by atoms with Crippen molar-refractivity contribution in [3.63, 3.8) is 0 Å². The molecule has 20 heavy (non-hydrogen) atoms. The molecule has 1 aromatic carbocycles. The van der Waals surface area contributed by atoms with E-state index < -0.39 is 0 Å². The van der Waals surface area contributed by atoms with E-state index in [-0.39, 0.29) is 0 Å². The zero-order valence-corrected chi connectivity index (χ0v) is 12.5. The highest BCUT2D eigenvalue weighted by molar-refractivity contribution is 9.10. The minimum absolute atomic E-state index is 0.683. The number of pyridine rings is 1. The maximum absolute atomic E-state index is 6.31. The lowest BCUT2D eigenvalue weighted by atomic mass is 10.0. The molecule has 0 saturated heterocycles. The fourth-order valence-corrected chi connectivity index (χ4v) is 3.04. The van der Waals surface area contributed by atoms with Gasteiger partial charge in [-0.15, -0.1) is 0 Å². The molecule has 0 aliphatic heterocycles. The van der Waals surface area contributed by atoms with Gasteiger partial charge in [0.05, 0.1) is 0 Å². The lowest BCUT2D eigenvalue weighted by Gasteiger charge is -2.06. The van der Waals surface area contributed by atoms with Gasteiger partial charge in [-0.2, -0.15) is 0 Å². The summed E-state index contributed by atoms with van der Waals surface area (Å²) in [6.07, 6.45) is 4.51. The molecule has 2 heterocycles. The highest BCUT2D eigenvalue weighted by Gasteiger charge is 2.27. The van der Waals surface area contributed by atoms with Crippen molar-refractivity contribution < 1.29 is 0 Å². The van der Waals surface area contributed by atoms with E-state index >= 15 is 0 Å². The monoisotopic (exact) mass is 327 g/mol. The van der Waals surface area contributed by atoms with E-state index in [2.05, 4.69) is 40.2 Å². The Hall–Kier alpha value is -1.81. The van der Waals surface area contributed by atoms with Crippen molar-refractivity contribution in [2.75, 3.05) is 5.73 Å². The molecule has 0 amide bonds. The predicted molar refractivity (Wildman–Crippen MR) is 84.7 cm³/mol. The molecule has 0 spiro atoms. The van der Waals surface area contributed by atoms with Crippen LogP contribution in [-0.4, -0.2) is 9.38 Å². The molecule has 3 nitrogen and oxygen atoms in total. The Kier molecular flexibility index (Phi) is 2.60. The topological polar surface area (TPSA) is 43.3 Å². The van der Waals surface area contributed by atoms with Gasteiger partial charge < -0.3 is 5.73 Å². The molecule has 0 atom stereocenters. The Labute approximate surface area is 125 Å². The molecule has 100 valence electrons. The zero-order valence-electron chi connectivity index (χ0n) is 10.9. The lowest BCUT2D eigenvalue weighted by Crippen LogP contribution is -1.95. The van der Waals surface area contributed by atoms with Crippen LogP contribution in [0.1, 0.15) is 24.3 Å². The lowest BCUT2D eigenvalue weighted by molar-refractivity contribution is 1.13. The van der Waals surface area contributed by atoms with Gasteiger partial charge in [-0.3, -0.25) is 4.40 Å². The molecule has 4 rings (SSSR count). The fraction of sp³-hybridized carbons (Fsp3) is 0.188. The maximum Gasteiger partial charge on any atom is 0.139 e. The minimum Gasteiger partial charge on any atom is -0.383 e. The Morgan fingerprint density at radius 1 is 1.15 bits per heavy atom. The van der Waals surface area contributed by atoms with Crippen LogP contribution in [-0.2, 0) is 0 Å². The van der Waals surface area contributed by atoms with Gasteiger partial charge in [0.1, 0.15) is 17.2 Å². The number of nitrogen functional groups attached to an aromatic ring is 1. The summed E-state index contributed by atoms with van der Waals surface area (Å²) in [5, 5.41) is 0. The van der Waals surface area contributed by atoms with E-state index in [4.69, 9.17) is 10.7 Å². The van der Waals surface area contributed by atoms with Crippen molar-refractivity contribution in [1.82, 2.24) is 9.38 Å². The van der Waals surface area contributed by atoms with Crippen LogP contribution >= 0.6 is 15.9 Å². The molecule has 2 aromatic heterocycles. The molecule has 0 bridgehead atoms. The third-order valence-electron chi connectivity index (χ3n) is 3.85. The molecule has 2 N–H and O–H groups in total. The van der Waals surface area contributed by atoms with Crippen LogP contribution in [0.5, 0.6) is 0 Å². The second-order valence-electron chi connectivity index (χ2n) is 5.28. The normalized spacial score (nSPS) is 14.8. The first kappa shape index (κ1) is 12.0. The van der Waals surface area contributed by atoms with Gasteiger partial charge in [0.2, 0.25) is 0 Å². The number of nitrogens with zero attached hydrogens (tertiary/aromatic N) is 2. The Morgan fingerprint density at radius 3 is 2.75 bits per heavy atom. The van der Waals surface area contributed by atoms with E-state index in [0.29, 0.717) is 11.7 Å². The first-order valence-corrected chi connectivity index (χ1v) is 7.56. The quantitative estimate of drug-likeness (QED) is 0.765. The third kappa shape index (κ3) is 1.83. The first-order valence-electron chi connectivity index (χ1n) is 6.76. The number of rotatable bonds is 2. The molecule has 1 saturated carbocycles. The predicted octanol–water partition coefficient (Wildman–Crippen LogP) is 4.22. The number of imidazole rings is 1. The standard InChI is InChI=1S/C16H14BrN3/c17-11-7-8-14-19-15(16(18)20(14)9-11)13-4-2-1-3-12(13)10-5-6-10/h1-4,7-10H,5-6,18H2. The zero-order chi connectivity index (χ0) is 13.7. The summed E-state index contributed by atoms with van der Waals surface area (Å²) in [5.74, 6) is 1.39. The number of aromatic nitrogens is 2. The molecule has 1 aliphatic carbocycles. The Morgan fingerprint density at radius 2 is 1.95 bits per heavy atom. The van der Waals surface area contributed by atoms with Crippen LogP contribution in [0.3, 0.4) is 0 Å². The Bertz CT molecular complexity index is 803. The first-order chi connectivity index (χ1) is 9.74. The largest absolute Gasteiger partial charge is 0.383 e. The molecule has 3 aromatic rings. The van der Waals surface area contributed by atoms with E-state index in [9.17, 15) is 0 Å². The van der Waals surface area contributed by atoms with Crippen LogP contribution in [0.15, 0.2) is 47.1 Å². The van der Waals surface area contributed by atoms with E-state index in [1.807, 2.05) is 22.7 Å². The van der Waals surface area contributed by atoms with Crippen molar-refractivity contribution >= 4 is 27.4 Å². The number of fused-ring (bicyclic) bond motifs is 1. The number of nitrogens with two attached hydrogens (primary N) is 1. The van der Waals surface area contributed by atoms with Crippen molar-refractivity contribution in [2.45, 2.75) is 18.8 Å². The molecular formula is C16H14BrN3. The summed E-state index contributed by atoms with van der Waals surface area (Å²) in [6, 6.07) is 12.4. The van der Waals surface area contributed by atoms with Gasteiger partial charge in [0.15, 0.2) is 0 Å². The van der Waals surface area contributed by atoms with E-state index in [1.165, 1.54) is 24.0 Å². The smallest absolute Gasteiger partial charge is 0.139 e. The van der Waals surface area contributed by atoms with Gasteiger partial charge in [-0.05, 0) is 52.4 Å². The highest BCUT2D eigenvalue weighted by Crippen LogP contribution is 2.45. The number of hydrogen-bond donors (Lipinski definition) is 1. The summed E-state index contributed by atoms with van der Waals surface area (Å²) >= 11 is 3.48. The summed E-state index contributed by atoms with van der Waals surface area (Å²) in [4.78, 5) is 4.71. The van der Waals surface area contributed by atoms with Crippen LogP contribution in [0, 0.1) is 0 Å². The van der Waals surface area contributed by atoms with Crippen molar-refractivity contribution in [2.24, 2.45) is 0 Å². The summed E-state index contributed by atoms with van der Waals surface area (Å²) in [5.41, 5.74) is 10.6. The fourth-order valence-electron chi connectivity index (χ4n) is 2.70. The molecule has 1 aliphatic rings. The summed E-state index contributed by atoms with van der Waals surface area (Å²) < 4.78 is 2.93. The van der Waals surface area contributed by atoms with Gasteiger partial charge >= 0.3 is 0 Å². The third-order valence-corrected chi connectivity index (χ3v) is 4.32. The minimum atomic E-state index is 0.683. The second-order valence-corrected chi connectivity index (χ2v) is 6.20. The summed E-state index contributed by atoms with van der Waals surface area (Å²) in [6.45, 7) is 0.